The fraction of sp³-hybridized carbons (Fsp3) is 0.278. The summed E-state index contributed by atoms with van der Waals surface area (Å²) < 4.78 is 5.67. The van der Waals surface area contributed by atoms with Crippen LogP contribution in [0.25, 0.3) is 11.0 Å². The molecule has 1 unspecified atom stereocenters. The minimum atomic E-state index is -0.678. The summed E-state index contributed by atoms with van der Waals surface area (Å²) in [6.45, 7) is 4.27. The first-order valence-corrected chi connectivity index (χ1v) is 7.88. The minimum absolute atomic E-state index is 0.0930. The smallest absolute Gasteiger partial charge is 0.164 e. The van der Waals surface area contributed by atoms with Gasteiger partial charge in [-0.25, -0.2) is 15.0 Å². The fourth-order valence-electron chi connectivity index (χ4n) is 2.41. The van der Waals surface area contributed by atoms with Crippen LogP contribution < -0.4 is 10.1 Å². The summed E-state index contributed by atoms with van der Waals surface area (Å²) in [5.41, 5.74) is 1.41. The van der Waals surface area contributed by atoms with E-state index in [9.17, 15) is 5.11 Å². The van der Waals surface area contributed by atoms with Crippen LogP contribution in [0.2, 0.25) is 0 Å². The molecule has 0 radical (unpaired) electrons. The summed E-state index contributed by atoms with van der Waals surface area (Å²) in [6.07, 6.45) is 2.56. The molecule has 2 aromatic heterocycles. The average Bonchev–Trinajstić information content (AvgIpc) is 2.59. The standard InChI is InChI=1S/C18H20N4O2/c1-12(2)24-14-6-3-5-13(9-14)16(23)10-20-18-15-7-4-8-19-17(15)21-11-22-18/h3-9,11-12,16,23H,10H2,1-2H3,(H,19,20,21,22). The molecule has 24 heavy (non-hydrogen) atoms. The molecular weight excluding hydrogens is 304 g/mol. The Balaban J connectivity index is 1.72. The number of pyridine rings is 1. The summed E-state index contributed by atoms with van der Waals surface area (Å²) in [6, 6.07) is 11.2. The fourth-order valence-corrected chi connectivity index (χ4v) is 2.41. The van der Waals surface area contributed by atoms with Crippen molar-refractivity contribution in [2.45, 2.75) is 26.1 Å². The monoisotopic (exact) mass is 324 g/mol. The van der Waals surface area contributed by atoms with E-state index >= 15 is 0 Å². The van der Waals surface area contributed by atoms with Gasteiger partial charge in [0, 0.05) is 12.7 Å². The number of hydrogen-bond acceptors (Lipinski definition) is 6. The summed E-state index contributed by atoms with van der Waals surface area (Å²) in [5.74, 6) is 1.40. The van der Waals surface area contributed by atoms with Crippen LogP contribution in [0.1, 0.15) is 25.5 Å². The van der Waals surface area contributed by atoms with Crippen LogP contribution >= 0.6 is 0 Å². The third-order valence-electron chi connectivity index (χ3n) is 3.49. The van der Waals surface area contributed by atoms with Gasteiger partial charge in [0.25, 0.3) is 0 Å². The molecule has 124 valence electrons. The van der Waals surface area contributed by atoms with E-state index in [1.165, 1.54) is 6.33 Å². The molecule has 3 aromatic rings. The highest BCUT2D eigenvalue weighted by atomic mass is 16.5. The van der Waals surface area contributed by atoms with Crippen molar-refractivity contribution < 1.29 is 9.84 Å². The molecule has 3 rings (SSSR count). The van der Waals surface area contributed by atoms with Gasteiger partial charge in [-0.1, -0.05) is 12.1 Å². The second kappa shape index (κ2) is 7.23. The van der Waals surface area contributed by atoms with Crippen LogP contribution in [0.5, 0.6) is 5.75 Å². The maximum atomic E-state index is 10.4. The van der Waals surface area contributed by atoms with Gasteiger partial charge in [-0.2, -0.15) is 0 Å². The molecule has 6 heteroatoms. The Hall–Kier alpha value is -2.73. The predicted molar refractivity (Wildman–Crippen MR) is 93.0 cm³/mol. The number of hydrogen-bond donors (Lipinski definition) is 2. The van der Waals surface area contributed by atoms with Crippen LogP contribution in [0, 0.1) is 0 Å². The van der Waals surface area contributed by atoms with E-state index in [0.717, 1.165) is 16.7 Å². The van der Waals surface area contributed by atoms with Crippen LogP contribution in [-0.4, -0.2) is 32.7 Å². The van der Waals surface area contributed by atoms with Gasteiger partial charge >= 0.3 is 0 Å². The zero-order valence-corrected chi connectivity index (χ0v) is 13.7. The number of fused-ring (bicyclic) bond motifs is 1. The summed E-state index contributed by atoms with van der Waals surface area (Å²) in [7, 11) is 0. The SMILES string of the molecule is CC(C)Oc1cccc(C(O)CNc2ncnc3ncccc23)c1. The van der Waals surface area contributed by atoms with E-state index in [2.05, 4.69) is 20.3 Å². The van der Waals surface area contributed by atoms with Crippen molar-refractivity contribution in [2.24, 2.45) is 0 Å². The normalized spacial score (nSPS) is 12.3. The topological polar surface area (TPSA) is 80.2 Å². The zero-order chi connectivity index (χ0) is 16.9. The van der Waals surface area contributed by atoms with E-state index in [1.807, 2.05) is 50.2 Å². The number of aromatic nitrogens is 3. The first-order chi connectivity index (χ1) is 11.6. The molecular formula is C18H20N4O2. The summed E-state index contributed by atoms with van der Waals surface area (Å²) >= 11 is 0. The van der Waals surface area contributed by atoms with Crippen molar-refractivity contribution in [3.05, 3.63) is 54.5 Å². The van der Waals surface area contributed by atoms with Gasteiger partial charge in [-0.05, 0) is 43.7 Å². The van der Waals surface area contributed by atoms with Crippen LogP contribution in [0.3, 0.4) is 0 Å². The van der Waals surface area contributed by atoms with Gasteiger partial charge in [0.1, 0.15) is 17.9 Å². The van der Waals surface area contributed by atoms with Crippen LogP contribution in [0.4, 0.5) is 5.82 Å². The molecule has 0 amide bonds. The minimum Gasteiger partial charge on any atom is -0.491 e. The van der Waals surface area contributed by atoms with Gasteiger partial charge in [-0.15, -0.1) is 0 Å². The molecule has 1 aromatic carbocycles. The van der Waals surface area contributed by atoms with Crippen molar-refractivity contribution in [1.82, 2.24) is 15.0 Å². The first-order valence-electron chi connectivity index (χ1n) is 7.88. The van der Waals surface area contributed by atoms with Crippen LogP contribution in [-0.2, 0) is 0 Å². The van der Waals surface area contributed by atoms with Crippen LogP contribution in [0.15, 0.2) is 48.9 Å². The van der Waals surface area contributed by atoms with E-state index in [4.69, 9.17) is 4.74 Å². The Labute approximate surface area is 140 Å². The lowest BCUT2D eigenvalue weighted by Crippen LogP contribution is -2.14. The zero-order valence-electron chi connectivity index (χ0n) is 13.7. The van der Waals surface area contributed by atoms with Gasteiger partial charge in [-0.3, -0.25) is 0 Å². The lowest BCUT2D eigenvalue weighted by Gasteiger charge is -2.15. The third kappa shape index (κ3) is 3.78. The molecule has 0 fully saturated rings. The highest BCUT2D eigenvalue weighted by molar-refractivity contribution is 5.85. The molecule has 2 heterocycles. The number of ether oxygens (including phenoxy) is 1. The Kier molecular flexibility index (Phi) is 4.86. The lowest BCUT2D eigenvalue weighted by atomic mass is 10.1. The average molecular weight is 324 g/mol. The highest BCUT2D eigenvalue weighted by Crippen LogP contribution is 2.22. The number of benzene rings is 1. The Morgan fingerprint density at radius 1 is 1.12 bits per heavy atom. The molecule has 1 atom stereocenters. The number of aliphatic hydroxyl groups excluding tert-OH is 1. The van der Waals surface area contributed by atoms with Crippen molar-refractivity contribution in [3.8, 4) is 5.75 Å². The van der Waals surface area contributed by atoms with E-state index in [-0.39, 0.29) is 6.10 Å². The van der Waals surface area contributed by atoms with Crippen molar-refractivity contribution >= 4 is 16.9 Å². The lowest BCUT2D eigenvalue weighted by molar-refractivity contribution is 0.190. The number of nitrogens with one attached hydrogen (secondary N) is 1. The van der Waals surface area contributed by atoms with Gasteiger partial charge in [0.2, 0.25) is 0 Å². The van der Waals surface area contributed by atoms with Crippen molar-refractivity contribution in [2.75, 3.05) is 11.9 Å². The highest BCUT2D eigenvalue weighted by Gasteiger charge is 2.11. The predicted octanol–water partition coefficient (Wildman–Crippen LogP) is 2.96. The van der Waals surface area contributed by atoms with E-state index < -0.39 is 6.10 Å². The summed E-state index contributed by atoms with van der Waals surface area (Å²) in [4.78, 5) is 12.6. The second-order valence-corrected chi connectivity index (χ2v) is 5.73. The quantitative estimate of drug-likeness (QED) is 0.725. The maximum absolute atomic E-state index is 10.4. The van der Waals surface area contributed by atoms with Gasteiger partial charge < -0.3 is 15.2 Å². The van der Waals surface area contributed by atoms with E-state index in [0.29, 0.717) is 18.0 Å². The Morgan fingerprint density at radius 3 is 2.83 bits per heavy atom. The first kappa shape index (κ1) is 16.1. The molecule has 0 spiro atoms. The second-order valence-electron chi connectivity index (χ2n) is 5.73. The Bertz CT molecular complexity index is 817. The Morgan fingerprint density at radius 2 is 2.00 bits per heavy atom. The van der Waals surface area contributed by atoms with Crippen molar-refractivity contribution in [1.29, 1.82) is 0 Å². The largest absolute Gasteiger partial charge is 0.491 e. The maximum Gasteiger partial charge on any atom is 0.164 e. The molecule has 2 N–H and O–H groups in total. The molecule has 6 nitrogen and oxygen atoms in total. The van der Waals surface area contributed by atoms with Crippen molar-refractivity contribution in [3.63, 3.8) is 0 Å². The number of aliphatic hydroxyl groups is 1. The number of anilines is 1. The summed E-state index contributed by atoms with van der Waals surface area (Å²) in [5, 5.41) is 14.4. The molecule has 0 bridgehead atoms. The van der Waals surface area contributed by atoms with Gasteiger partial charge in [0.15, 0.2) is 5.65 Å². The number of nitrogens with zero attached hydrogens (tertiary/aromatic N) is 3. The molecule has 0 saturated carbocycles. The number of rotatable bonds is 6. The molecule has 0 aliphatic heterocycles. The van der Waals surface area contributed by atoms with E-state index in [1.54, 1.807) is 6.20 Å². The molecule has 0 saturated heterocycles. The van der Waals surface area contributed by atoms with Gasteiger partial charge in [0.05, 0.1) is 17.6 Å². The third-order valence-corrected chi connectivity index (χ3v) is 3.49. The molecule has 0 aliphatic rings. The molecule has 0 aliphatic carbocycles.